The lowest BCUT2D eigenvalue weighted by molar-refractivity contribution is 0.378. The maximum Gasteiger partial charge on any atom is 0.0456 e. The molecule has 2 aromatic rings. The second-order valence-electron chi connectivity index (χ2n) is 4.90. The van der Waals surface area contributed by atoms with Gasteiger partial charge in [0.25, 0.3) is 0 Å². The molecule has 0 saturated heterocycles. The minimum absolute atomic E-state index is 0.172. The van der Waals surface area contributed by atoms with Gasteiger partial charge >= 0.3 is 0 Å². The average Bonchev–Trinajstić information content (AvgIpc) is 2.66. The number of aromatic nitrogens is 1. The first-order valence-corrected chi connectivity index (χ1v) is 5.37. The van der Waals surface area contributed by atoms with Crippen molar-refractivity contribution in [2.45, 2.75) is 20.3 Å². The Labute approximate surface area is 90.5 Å². The molecule has 1 aromatic heterocycles. The summed E-state index contributed by atoms with van der Waals surface area (Å²) in [6, 6.07) is 8.53. The van der Waals surface area contributed by atoms with E-state index in [2.05, 4.69) is 43.1 Å². The van der Waals surface area contributed by atoms with Crippen LogP contribution in [-0.2, 0) is 6.42 Å². The Kier molecular flexibility index (Phi) is 2.53. The van der Waals surface area contributed by atoms with E-state index in [0.29, 0.717) is 6.54 Å². The van der Waals surface area contributed by atoms with Gasteiger partial charge in [-0.25, -0.2) is 0 Å². The van der Waals surface area contributed by atoms with Gasteiger partial charge in [-0.05, 0) is 36.1 Å². The standard InChI is InChI=1S/C13H18N2/c1-13(2,9-14)8-10-4-3-5-12-11(10)6-7-15-12/h3-7,15H,8-9,14H2,1-2H3. The summed E-state index contributed by atoms with van der Waals surface area (Å²) in [7, 11) is 0. The monoisotopic (exact) mass is 202 g/mol. The van der Waals surface area contributed by atoms with Crippen LogP contribution in [0.5, 0.6) is 0 Å². The first-order chi connectivity index (χ1) is 7.12. The average molecular weight is 202 g/mol. The molecule has 0 spiro atoms. The molecule has 0 fully saturated rings. The van der Waals surface area contributed by atoms with E-state index >= 15 is 0 Å². The van der Waals surface area contributed by atoms with Crippen molar-refractivity contribution in [3.63, 3.8) is 0 Å². The zero-order chi connectivity index (χ0) is 10.9. The third-order valence-electron chi connectivity index (χ3n) is 2.91. The van der Waals surface area contributed by atoms with Gasteiger partial charge in [0, 0.05) is 17.1 Å². The van der Waals surface area contributed by atoms with Gasteiger partial charge in [-0.3, -0.25) is 0 Å². The summed E-state index contributed by atoms with van der Waals surface area (Å²) in [6.07, 6.45) is 3.02. The summed E-state index contributed by atoms with van der Waals surface area (Å²) in [4.78, 5) is 3.23. The first-order valence-electron chi connectivity index (χ1n) is 5.37. The van der Waals surface area contributed by atoms with Gasteiger partial charge in [0.05, 0.1) is 0 Å². The fourth-order valence-electron chi connectivity index (χ4n) is 1.89. The van der Waals surface area contributed by atoms with Gasteiger partial charge in [0.2, 0.25) is 0 Å². The van der Waals surface area contributed by atoms with Crippen LogP contribution in [0.3, 0.4) is 0 Å². The molecular formula is C13H18N2. The van der Waals surface area contributed by atoms with E-state index < -0.39 is 0 Å². The summed E-state index contributed by atoms with van der Waals surface area (Å²) in [5.74, 6) is 0. The van der Waals surface area contributed by atoms with Gasteiger partial charge in [-0.2, -0.15) is 0 Å². The third kappa shape index (κ3) is 2.05. The van der Waals surface area contributed by atoms with E-state index in [0.717, 1.165) is 6.42 Å². The molecule has 0 unspecified atom stereocenters. The largest absolute Gasteiger partial charge is 0.361 e. The lowest BCUT2D eigenvalue weighted by atomic mass is 9.85. The van der Waals surface area contributed by atoms with E-state index in [4.69, 9.17) is 5.73 Å². The summed E-state index contributed by atoms with van der Waals surface area (Å²) < 4.78 is 0. The predicted molar refractivity (Wildman–Crippen MR) is 64.8 cm³/mol. The fraction of sp³-hybridized carbons (Fsp3) is 0.385. The summed E-state index contributed by atoms with van der Waals surface area (Å²) in [5, 5.41) is 1.32. The molecule has 1 aromatic carbocycles. The van der Waals surface area contributed by atoms with Crippen molar-refractivity contribution >= 4 is 10.9 Å². The van der Waals surface area contributed by atoms with Crippen LogP contribution in [0.25, 0.3) is 10.9 Å². The quantitative estimate of drug-likeness (QED) is 0.789. The molecule has 2 nitrogen and oxygen atoms in total. The van der Waals surface area contributed by atoms with Gasteiger partial charge in [-0.15, -0.1) is 0 Å². The highest BCUT2D eigenvalue weighted by molar-refractivity contribution is 5.82. The lowest BCUT2D eigenvalue weighted by Gasteiger charge is -2.22. The number of aromatic amines is 1. The topological polar surface area (TPSA) is 41.8 Å². The molecule has 0 saturated carbocycles. The molecular weight excluding hydrogens is 184 g/mol. The van der Waals surface area contributed by atoms with Gasteiger partial charge < -0.3 is 10.7 Å². The Morgan fingerprint density at radius 2 is 2.07 bits per heavy atom. The number of H-pyrrole nitrogens is 1. The van der Waals surface area contributed by atoms with Gasteiger partial charge in [0.1, 0.15) is 0 Å². The van der Waals surface area contributed by atoms with Crippen molar-refractivity contribution in [2.24, 2.45) is 11.1 Å². The molecule has 0 atom stereocenters. The normalized spacial score (nSPS) is 12.2. The zero-order valence-corrected chi connectivity index (χ0v) is 9.38. The summed E-state index contributed by atoms with van der Waals surface area (Å²) in [6.45, 7) is 5.13. The molecule has 2 rings (SSSR count). The lowest BCUT2D eigenvalue weighted by Crippen LogP contribution is -2.25. The van der Waals surface area contributed by atoms with E-state index in [1.165, 1.54) is 16.5 Å². The number of hydrogen-bond acceptors (Lipinski definition) is 1. The first kappa shape index (κ1) is 10.2. The van der Waals surface area contributed by atoms with Crippen LogP contribution < -0.4 is 5.73 Å². The summed E-state index contributed by atoms with van der Waals surface area (Å²) in [5.41, 5.74) is 8.53. The molecule has 0 radical (unpaired) electrons. The molecule has 0 aliphatic carbocycles. The Balaban J connectivity index is 2.39. The number of hydrogen-bond donors (Lipinski definition) is 2. The van der Waals surface area contributed by atoms with Crippen molar-refractivity contribution in [2.75, 3.05) is 6.54 Å². The Bertz CT molecular complexity index is 454. The maximum absolute atomic E-state index is 5.77. The van der Waals surface area contributed by atoms with E-state index in [9.17, 15) is 0 Å². The highest BCUT2D eigenvalue weighted by Crippen LogP contribution is 2.25. The van der Waals surface area contributed by atoms with Crippen LogP contribution in [0.15, 0.2) is 30.5 Å². The second kappa shape index (κ2) is 3.70. The van der Waals surface area contributed by atoms with Crippen LogP contribution in [0, 0.1) is 5.41 Å². The van der Waals surface area contributed by atoms with Crippen LogP contribution in [0.2, 0.25) is 0 Å². The highest BCUT2D eigenvalue weighted by Gasteiger charge is 2.17. The molecule has 80 valence electrons. The van der Waals surface area contributed by atoms with Crippen molar-refractivity contribution in [1.82, 2.24) is 4.98 Å². The molecule has 15 heavy (non-hydrogen) atoms. The zero-order valence-electron chi connectivity index (χ0n) is 9.38. The van der Waals surface area contributed by atoms with Crippen LogP contribution in [-0.4, -0.2) is 11.5 Å². The van der Waals surface area contributed by atoms with Gasteiger partial charge in [0.15, 0.2) is 0 Å². The number of nitrogens with one attached hydrogen (secondary N) is 1. The predicted octanol–water partition coefficient (Wildman–Crippen LogP) is 2.70. The smallest absolute Gasteiger partial charge is 0.0456 e. The van der Waals surface area contributed by atoms with Crippen LogP contribution in [0.4, 0.5) is 0 Å². The minimum atomic E-state index is 0.172. The Morgan fingerprint density at radius 1 is 1.27 bits per heavy atom. The molecule has 0 aliphatic rings. The second-order valence-corrected chi connectivity index (χ2v) is 4.90. The Morgan fingerprint density at radius 3 is 2.80 bits per heavy atom. The molecule has 0 amide bonds. The van der Waals surface area contributed by atoms with Crippen LogP contribution in [0.1, 0.15) is 19.4 Å². The maximum atomic E-state index is 5.77. The Hall–Kier alpha value is -1.28. The van der Waals surface area contributed by atoms with Crippen molar-refractivity contribution in [3.05, 3.63) is 36.0 Å². The minimum Gasteiger partial charge on any atom is -0.361 e. The number of fused-ring (bicyclic) bond motifs is 1. The third-order valence-corrected chi connectivity index (χ3v) is 2.91. The van der Waals surface area contributed by atoms with Crippen molar-refractivity contribution in [1.29, 1.82) is 0 Å². The molecule has 3 N–H and O–H groups in total. The SMILES string of the molecule is CC(C)(CN)Cc1cccc2[nH]ccc12. The summed E-state index contributed by atoms with van der Waals surface area (Å²) >= 11 is 0. The van der Waals surface area contributed by atoms with E-state index in [1.807, 2.05) is 6.20 Å². The number of benzene rings is 1. The van der Waals surface area contributed by atoms with E-state index in [1.54, 1.807) is 0 Å². The van der Waals surface area contributed by atoms with Crippen LogP contribution >= 0.6 is 0 Å². The van der Waals surface area contributed by atoms with E-state index in [-0.39, 0.29) is 5.41 Å². The van der Waals surface area contributed by atoms with Gasteiger partial charge in [-0.1, -0.05) is 26.0 Å². The fourth-order valence-corrected chi connectivity index (χ4v) is 1.89. The van der Waals surface area contributed by atoms with Crippen molar-refractivity contribution < 1.29 is 0 Å². The number of nitrogens with two attached hydrogens (primary N) is 1. The molecule has 2 heteroatoms. The molecule has 1 heterocycles. The molecule has 0 bridgehead atoms. The van der Waals surface area contributed by atoms with Crippen molar-refractivity contribution in [3.8, 4) is 0 Å². The highest BCUT2D eigenvalue weighted by atomic mass is 14.7. The number of rotatable bonds is 3. The molecule has 0 aliphatic heterocycles.